The van der Waals surface area contributed by atoms with Gasteiger partial charge in [-0.05, 0) is 60.4 Å². The minimum atomic E-state index is -4.38. The van der Waals surface area contributed by atoms with Gasteiger partial charge < -0.3 is 15.5 Å². The molecule has 1 atom stereocenters. The van der Waals surface area contributed by atoms with E-state index >= 15 is 0 Å². The molecule has 0 unspecified atom stereocenters. The number of likely N-dealkylation sites (tertiary alicyclic amines) is 1. The largest absolute Gasteiger partial charge is 0.393 e. The molecule has 0 saturated carbocycles. The van der Waals surface area contributed by atoms with Gasteiger partial charge in [-0.1, -0.05) is 0 Å². The molecule has 4 rings (SSSR count). The summed E-state index contributed by atoms with van der Waals surface area (Å²) < 4.78 is 53.6. The van der Waals surface area contributed by atoms with Crippen LogP contribution in [0.15, 0.2) is 48.9 Å². The van der Waals surface area contributed by atoms with Gasteiger partial charge in [0.05, 0.1) is 11.6 Å². The maximum absolute atomic E-state index is 14.7. The van der Waals surface area contributed by atoms with Gasteiger partial charge in [-0.3, -0.25) is 14.8 Å². The first-order valence-electron chi connectivity index (χ1n) is 11.1. The van der Waals surface area contributed by atoms with Crippen LogP contribution in [0.4, 0.5) is 28.0 Å². The van der Waals surface area contributed by atoms with Crippen molar-refractivity contribution < 1.29 is 27.2 Å². The molecule has 1 aromatic carbocycles. The number of rotatable bonds is 4. The van der Waals surface area contributed by atoms with Crippen LogP contribution in [0.25, 0.3) is 22.3 Å². The Bertz CT molecular complexity index is 1310. The van der Waals surface area contributed by atoms with Gasteiger partial charge in [-0.15, -0.1) is 0 Å². The van der Waals surface area contributed by atoms with Gasteiger partial charge in [-0.2, -0.15) is 13.2 Å². The Balaban J connectivity index is 1.60. The van der Waals surface area contributed by atoms with E-state index in [-0.39, 0.29) is 30.3 Å². The zero-order chi connectivity index (χ0) is 26.0. The lowest BCUT2D eigenvalue weighted by molar-refractivity contribution is -0.169. The number of hydrogen-bond acceptors (Lipinski definition) is 4. The highest BCUT2D eigenvalue weighted by Gasteiger charge is 2.44. The average Bonchev–Trinajstić information content (AvgIpc) is 3.37. The Labute approximate surface area is 204 Å². The molecule has 0 spiro atoms. The topological polar surface area (TPSA) is 87.2 Å². The van der Waals surface area contributed by atoms with Crippen LogP contribution in [0.3, 0.4) is 0 Å². The monoisotopic (exact) mass is 501 g/mol. The van der Waals surface area contributed by atoms with Crippen LogP contribution in [0, 0.1) is 18.7 Å². The highest BCUT2D eigenvalue weighted by molar-refractivity contribution is 5.93. The van der Waals surface area contributed by atoms with E-state index in [0.717, 1.165) is 4.90 Å². The van der Waals surface area contributed by atoms with Crippen molar-refractivity contribution in [3.8, 4) is 22.3 Å². The maximum Gasteiger partial charge on any atom is 0.393 e. The van der Waals surface area contributed by atoms with E-state index in [2.05, 4.69) is 20.6 Å². The Kier molecular flexibility index (Phi) is 6.91. The van der Waals surface area contributed by atoms with E-state index in [1.165, 1.54) is 25.4 Å². The second-order valence-corrected chi connectivity index (χ2v) is 8.52. The number of nitrogens with zero attached hydrogens (tertiary/aromatic N) is 3. The Morgan fingerprint density at radius 3 is 2.53 bits per heavy atom. The number of alkyl halides is 3. The minimum absolute atomic E-state index is 0.0632. The highest BCUT2D eigenvalue weighted by atomic mass is 19.4. The van der Waals surface area contributed by atoms with Crippen LogP contribution in [0.2, 0.25) is 0 Å². The number of pyridine rings is 2. The van der Waals surface area contributed by atoms with Crippen LogP contribution in [0.5, 0.6) is 0 Å². The van der Waals surface area contributed by atoms with Crippen molar-refractivity contribution in [2.75, 3.05) is 25.5 Å². The number of aryl methyl sites for hydroxylation is 1. The Hall–Kier alpha value is -4.02. The lowest BCUT2D eigenvalue weighted by atomic mass is 9.98. The summed E-state index contributed by atoms with van der Waals surface area (Å²) in [6.07, 6.45) is 0.118. The molecule has 7 nitrogen and oxygen atoms in total. The predicted octanol–water partition coefficient (Wildman–Crippen LogP) is 5.03. The van der Waals surface area contributed by atoms with Gasteiger partial charge in [0, 0.05) is 49.9 Å². The predicted molar refractivity (Wildman–Crippen MR) is 126 cm³/mol. The van der Waals surface area contributed by atoms with Gasteiger partial charge in [-0.25, -0.2) is 9.18 Å². The number of anilines is 1. The van der Waals surface area contributed by atoms with Crippen molar-refractivity contribution in [3.05, 3.63) is 66.0 Å². The zero-order valence-electron chi connectivity index (χ0n) is 19.5. The summed E-state index contributed by atoms with van der Waals surface area (Å²) >= 11 is 0. The third-order valence-electron chi connectivity index (χ3n) is 6.10. The third kappa shape index (κ3) is 5.29. The summed E-state index contributed by atoms with van der Waals surface area (Å²) in [5.41, 5.74) is 3.24. The van der Waals surface area contributed by atoms with E-state index in [9.17, 15) is 27.2 Å². The van der Waals surface area contributed by atoms with Crippen molar-refractivity contribution >= 4 is 17.6 Å². The molecule has 0 bridgehead atoms. The standard InChI is InChI=1S/C25H23F4N5O2/c1-14-7-20(26)21(33-24(36)34-6-4-18(13-34)25(27,28)29)10-19(14)17-8-16(11-31-12-17)15-3-5-32-22(9-15)23(35)30-2/h3,5,7-12,18H,4,6,13H2,1-2H3,(H,30,35)(H,33,36)/t18-/m0/s1. The molecule has 2 aromatic heterocycles. The molecule has 1 saturated heterocycles. The summed E-state index contributed by atoms with van der Waals surface area (Å²) in [7, 11) is 1.50. The van der Waals surface area contributed by atoms with Crippen LogP contribution in [0.1, 0.15) is 22.5 Å². The van der Waals surface area contributed by atoms with Crippen molar-refractivity contribution in [2.45, 2.75) is 19.5 Å². The van der Waals surface area contributed by atoms with Crippen LogP contribution in [-0.4, -0.2) is 53.1 Å². The number of benzene rings is 1. The molecule has 3 amide bonds. The molecular formula is C25H23F4N5O2. The number of urea groups is 1. The van der Waals surface area contributed by atoms with Crippen molar-refractivity contribution in [1.29, 1.82) is 0 Å². The SMILES string of the molecule is CNC(=O)c1cc(-c2cncc(-c3cc(NC(=O)N4CC[C@H](C(F)(F)F)C4)c(F)cc3C)c2)ccn1. The fraction of sp³-hybridized carbons (Fsp3) is 0.280. The number of hydrogen-bond donors (Lipinski definition) is 2. The average molecular weight is 501 g/mol. The summed E-state index contributed by atoms with van der Waals surface area (Å²) in [6.45, 7) is 1.17. The minimum Gasteiger partial charge on any atom is -0.354 e. The van der Waals surface area contributed by atoms with Gasteiger partial charge in [0.25, 0.3) is 5.91 Å². The molecule has 0 aliphatic carbocycles. The summed E-state index contributed by atoms with van der Waals surface area (Å²) in [4.78, 5) is 33.8. The molecule has 188 valence electrons. The summed E-state index contributed by atoms with van der Waals surface area (Å²) in [5, 5.41) is 4.92. The summed E-state index contributed by atoms with van der Waals surface area (Å²) in [5.74, 6) is -2.63. The molecule has 3 heterocycles. The highest BCUT2D eigenvalue weighted by Crippen LogP contribution is 2.35. The van der Waals surface area contributed by atoms with E-state index in [1.54, 1.807) is 37.5 Å². The molecule has 1 fully saturated rings. The maximum atomic E-state index is 14.7. The Morgan fingerprint density at radius 1 is 1.08 bits per heavy atom. The summed E-state index contributed by atoms with van der Waals surface area (Å²) in [6, 6.07) is 7.03. The van der Waals surface area contributed by atoms with E-state index in [0.29, 0.717) is 27.8 Å². The second kappa shape index (κ2) is 9.92. The lowest BCUT2D eigenvalue weighted by Gasteiger charge is -2.19. The number of carbonyl (C=O) groups excluding carboxylic acids is 2. The van der Waals surface area contributed by atoms with Gasteiger partial charge in [0.2, 0.25) is 0 Å². The van der Waals surface area contributed by atoms with Gasteiger partial charge in [0.15, 0.2) is 0 Å². The molecule has 11 heteroatoms. The van der Waals surface area contributed by atoms with Crippen LogP contribution in [-0.2, 0) is 0 Å². The number of carbonyl (C=O) groups is 2. The smallest absolute Gasteiger partial charge is 0.354 e. The lowest BCUT2D eigenvalue weighted by Crippen LogP contribution is -2.35. The quantitative estimate of drug-likeness (QED) is 0.491. The van der Waals surface area contributed by atoms with Gasteiger partial charge >= 0.3 is 12.2 Å². The number of nitrogens with one attached hydrogen (secondary N) is 2. The molecule has 1 aliphatic heterocycles. The van der Waals surface area contributed by atoms with Crippen LogP contribution >= 0.6 is 0 Å². The molecule has 1 aliphatic rings. The first-order valence-corrected chi connectivity index (χ1v) is 11.1. The second-order valence-electron chi connectivity index (χ2n) is 8.52. The molecule has 3 aromatic rings. The van der Waals surface area contributed by atoms with Crippen molar-refractivity contribution in [2.24, 2.45) is 5.92 Å². The molecule has 2 N–H and O–H groups in total. The first kappa shape index (κ1) is 25.1. The first-order chi connectivity index (χ1) is 17.1. The zero-order valence-corrected chi connectivity index (χ0v) is 19.5. The number of aromatic nitrogens is 2. The molecule has 36 heavy (non-hydrogen) atoms. The van der Waals surface area contributed by atoms with E-state index in [4.69, 9.17) is 0 Å². The van der Waals surface area contributed by atoms with E-state index < -0.39 is 30.5 Å². The fourth-order valence-corrected chi connectivity index (χ4v) is 4.09. The van der Waals surface area contributed by atoms with Crippen molar-refractivity contribution in [1.82, 2.24) is 20.2 Å². The third-order valence-corrected chi connectivity index (χ3v) is 6.10. The van der Waals surface area contributed by atoms with Gasteiger partial charge in [0.1, 0.15) is 11.5 Å². The van der Waals surface area contributed by atoms with Crippen LogP contribution < -0.4 is 10.6 Å². The van der Waals surface area contributed by atoms with Crippen molar-refractivity contribution in [3.63, 3.8) is 0 Å². The Morgan fingerprint density at radius 2 is 1.83 bits per heavy atom. The number of halogens is 4. The molecule has 0 radical (unpaired) electrons. The number of amides is 3. The van der Waals surface area contributed by atoms with E-state index in [1.807, 2.05) is 0 Å². The molecular weight excluding hydrogens is 478 g/mol. The fourth-order valence-electron chi connectivity index (χ4n) is 4.09. The normalized spacial score (nSPS) is 15.6.